The highest BCUT2D eigenvalue weighted by Crippen LogP contribution is 2.27. The lowest BCUT2D eigenvalue weighted by atomic mass is 10.1. The van der Waals surface area contributed by atoms with Gasteiger partial charge in [-0.15, -0.1) is 0 Å². The molecule has 0 amide bonds. The lowest BCUT2D eigenvalue weighted by Crippen LogP contribution is -2.37. The molecule has 1 aromatic carbocycles. The molecule has 2 aliphatic heterocycles. The molecule has 2 saturated heterocycles. The molecule has 0 aromatic heterocycles. The largest absolute Gasteiger partial charge is 0.381 e. The van der Waals surface area contributed by atoms with Gasteiger partial charge in [0.25, 0.3) is 5.69 Å². The highest BCUT2D eigenvalue weighted by atomic mass is 16.6. The summed E-state index contributed by atoms with van der Waals surface area (Å²) in [6.07, 6.45) is 3.19. The van der Waals surface area contributed by atoms with Gasteiger partial charge in [-0.05, 0) is 31.4 Å². The first kappa shape index (κ1) is 16.7. The summed E-state index contributed by atoms with van der Waals surface area (Å²) in [5.41, 5.74) is 0.829. The van der Waals surface area contributed by atoms with Crippen molar-refractivity contribution >= 4 is 11.4 Å². The second-order valence-corrected chi connectivity index (χ2v) is 6.32. The molecule has 2 fully saturated rings. The van der Waals surface area contributed by atoms with Crippen molar-refractivity contribution < 1.29 is 14.4 Å². The van der Waals surface area contributed by atoms with Crippen LogP contribution < -0.4 is 4.90 Å². The third kappa shape index (κ3) is 3.83. The van der Waals surface area contributed by atoms with Crippen LogP contribution in [-0.4, -0.2) is 43.9 Å². The van der Waals surface area contributed by atoms with Crippen molar-refractivity contribution in [3.63, 3.8) is 0 Å². The fourth-order valence-electron chi connectivity index (χ4n) is 3.24. The number of hydrogen-bond donors (Lipinski definition) is 0. The molecule has 3 rings (SSSR count). The molecule has 7 heteroatoms. The van der Waals surface area contributed by atoms with Gasteiger partial charge in [-0.25, -0.2) is 0 Å². The maximum atomic E-state index is 10.9. The summed E-state index contributed by atoms with van der Waals surface area (Å²) in [6.45, 7) is 4.07. The quantitative estimate of drug-likeness (QED) is 0.608. The molecule has 128 valence electrons. The highest BCUT2D eigenvalue weighted by molar-refractivity contribution is 5.60. The Balaban J connectivity index is 1.54. The molecule has 0 N–H and O–H groups in total. The van der Waals surface area contributed by atoms with Gasteiger partial charge in [0.2, 0.25) is 0 Å². The van der Waals surface area contributed by atoms with Crippen LogP contribution in [-0.2, 0) is 9.47 Å². The van der Waals surface area contributed by atoms with Crippen LogP contribution >= 0.6 is 0 Å². The van der Waals surface area contributed by atoms with Gasteiger partial charge in [0.15, 0.2) is 0 Å². The predicted octanol–water partition coefficient (Wildman–Crippen LogP) is 2.49. The number of nitro benzene ring substituents is 1. The fraction of sp³-hybridized carbons (Fsp3) is 0.588. The predicted molar refractivity (Wildman–Crippen MR) is 87.9 cm³/mol. The zero-order valence-electron chi connectivity index (χ0n) is 13.5. The molecule has 0 saturated carbocycles. The van der Waals surface area contributed by atoms with Crippen LogP contribution in [0.25, 0.3) is 0 Å². The number of anilines is 1. The monoisotopic (exact) mass is 331 g/mol. The van der Waals surface area contributed by atoms with E-state index in [2.05, 4.69) is 4.90 Å². The van der Waals surface area contributed by atoms with E-state index in [1.165, 1.54) is 6.07 Å². The molecule has 1 atom stereocenters. The summed E-state index contributed by atoms with van der Waals surface area (Å²) in [7, 11) is 0. The normalized spacial score (nSPS) is 21.6. The number of benzene rings is 1. The number of piperidine rings is 1. The van der Waals surface area contributed by atoms with E-state index in [1.54, 1.807) is 12.1 Å². The molecule has 7 nitrogen and oxygen atoms in total. The van der Waals surface area contributed by atoms with E-state index < -0.39 is 4.92 Å². The molecule has 2 heterocycles. The van der Waals surface area contributed by atoms with Crippen molar-refractivity contribution in [1.82, 2.24) is 0 Å². The Kier molecular flexibility index (Phi) is 5.28. The van der Waals surface area contributed by atoms with Gasteiger partial charge < -0.3 is 14.4 Å². The van der Waals surface area contributed by atoms with E-state index >= 15 is 0 Å². The summed E-state index contributed by atoms with van der Waals surface area (Å²) < 4.78 is 11.4. The lowest BCUT2D eigenvalue weighted by molar-refractivity contribution is -0.385. The van der Waals surface area contributed by atoms with Crippen molar-refractivity contribution in [1.29, 1.82) is 5.26 Å². The number of nitro groups is 1. The molecule has 2 aliphatic rings. The topological polar surface area (TPSA) is 88.6 Å². The van der Waals surface area contributed by atoms with Crippen LogP contribution in [0.2, 0.25) is 0 Å². The average Bonchev–Trinajstić information content (AvgIpc) is 3.13. The zero-order chi connectivity index (χ0) is 16.9. The number of nitrogens with zero attached hydrogens (tertiary/aromatic N) is 3. The molecule has 24 heavy (non-hydrogen) atoms. The van der Waals surface area contributed by atoms with E-state index in [0.717, 1.165) is 57.9 Å². The summed E-state index contributed by atoms with van der Waals surface area (Å²) in [4.78, 5) is 12.5. The minimum absolute atomic E-state index is 0.108. The Hall–Kier alpha value is -2.17. The van der Waals surface area contributed by atoms with Crippen LogP contribution in [0.15, 0.2) is 18.2 Å². The Bertz CT molecular complexity index is 629. The van der Waals surface area contributed by atoms with E-state index in [9.17, 15) is 10.1 Å². The molecular weight excluding hydrogens is 310 g/mol. The molecular formula is C17H21N3O4. The van der Waals surface area contributed by atoms with Gasteiger partial charge in [0.05, 0.1) is 24.2 Å². The highest BCUT2D eigenvalue weighted by Gasteiger charge is 2.24. The third-order valence-electron chi connectivity index (χ3n) is 4.70. The van der Waals surface area contributed by atoms with Gasteiger partial charge in [0.1, 0.15) is 11.6 Å². The van der Waals surface area contributed by atoms with E-state index in [0.29, 0.717) is 5.92 Å². The summed E-state index contributed by atoms with van der Waals surface area (Å²) in [5, 5.41) is 20.0. The number of rotatable bonds is 5. The minimum Gasteiger partial charge on any atom is -0.381 e. The average molecular weight is 331 g/mol. The van der Waals surface area contributed by atoms with Crippen LogP contribution in [0, 0.1) is 27.4 Å². The SMILES string of the molecule is N#Cc1cc(N2CCC(OCC3CCOC3)CC2)ccc1[N+](=O)[O-]. The molecule has 1 unspecified atom stereocenters. The van der Waals surface area contributed by atoms with E-state index in [-0.39, 0.29) is 17.4 Å². The molecule has 0 radical (unpaired) electrons. The Morgan fingerprint density at radius 1 is 1.38 bits per heavy atom. The van der Waals surface area contributed by atoms with Crippen LogP contribution in [0.4, 0.5) is 11.4 Å². The zero-order valence-corrected chi connectivity index (χ0v) is 13.5. The van der Waals surface area contributed by atoms with Gasteiger partial charge in [-0.3, -0.25) is 10.1 Å². The molecule has 0 spiro atoms. The van der Waals surface area contributed by atoms with Gasteiger partial charge in [-0.1, -0.05) is 0 Å². The van der Waals surface area contributed by atoms with E-state index in [1.807, 2.05) is 6.07 Å². The molecule has 0 aliphatic carbocycles. The maximum Gasteiger partial charge on any atom is 0.287 e. The smallest absolute Gasteiger partial charge is 0.287 e. The second kappa shape index (κ2) is 7.60. The summed E-state index contributed by atoms with van der Waals surface area (Å²) in [6, 6.07) is 6.65. The van der Waals surface area contributed by atoms with Gasteiger partial charge >= 0.3 is 0 Å². The van der Waals surface area contributed by atoms with Crippen molar-refractivity contribution in [3.05, 3.63) is 33.9 Å². The minimum atomic E-state index is -0.519. The first-order chi connectivity index (χ1) is 11.7. The van der Waals surface area contributed by atoms with Crippen molar-refractivity contribution in [3.8, 4) is 6.07 Å². The van der Waals surface area contributed by atoms with Crippen molar-refractivity contribution in [2.45, 2.75) is 25.4 Å². The van der Waals surface area contributed by atoms with Crippen molar-refractivity contribution in [2.24, 2.45) is 5.92 Å². The Morgan fingerprint density at radius 3 is 2.79 bits per heavy atom. The standard InChI is InChI=1S/C17H21N3O4/c18-10-14-9-15(1-2-17(14)20(21)22)19-6-3-16(4-7-19)24-12-13-5-8-23-11-13/h1-2,9,13,16H,3-8,11-12H2. The van der Waals surface area contributed by atoms with Crippen molar-refractivity contribution in [2.75, 3.05) is 37.8 Å². The first-order valence-corrected chi connectivity index (χ1v) is 8.30. The number of ether oxygens (including phenoxy) is 2. The summed E-state index contributed by atoms with van der Waals surface area (Å²) >= 11 is 0. The van der Waals surface area contributed by atoms with Crippen LogP contribution in [0.3, 0.4) is 0 Å². The van der Waals surface area contributed by atoms with Crippen LogP contribution in [0.1, 0.15) is 24.8 Å². The first-order valence-electron chi connectivity index (χ1n) is 8.30. The van der Waals surface area contributed by atoms with Gasteiger partial charge in [0, 0.05) is 37.4 Å². The van der Waals surface area contributed by atoms with Crippen LogP contribution in [0.5, 0.6) is 0 Å². The number of nitriles is 1. The summed E-state index contributed by atoms with van der Waals surface area (Å²) in [5.74, 6) is 0.524. The van der Waals surface area contributed by atoms with Gasteiger partial charge in [-0.2, -0.15) is 5.26 Å². The third-order valence-corrected chi connectivity index (χ3v) is 4.70. The number of hydrogen-bond acceptors (Lipinski definition) is 6. The Morgan fingerprint density at radius 2 is 2.17 bits per heavy atom. The molecule has 1 aromatic rings. The maximum absolute atomic E-state index is 10.9. The Labute approximate surface area is 140 Å². The second-order valence-electron chi connectivity index (χ2n) is 6.32. The van der Waals surface area contributed by atoms with E-state index in [4.69, 9.17) is 14.7 Å². The lowest BCUT2D eigenvalue weighted by Gasteiger charge is -2.34. The fourth-order valence-corrected chi connectivity index (χ4v) is 3.24. The molecule has 0 bridgehead atoms.